The first kappa shape index (κ1) is 12.8. The Bertz CT molecular complexity index is 102. The summed E-state index contributed by atoms with van der Waals surface area (Å²) >= 11 is 3.83. The lowest BCUT2D eigenvalue weighted by molar-refractivity contribution is 0.659. The molecule has 0 fully saturated rings. The molecule has 0 aliphatic rings. The fourth-order valence-corrected chi connectivity index (χ4v) is 2.93. The van der Waals surface area contributed by atoms with Gasteiger partial charge in [-0.1, -0.05) is 39.5 Å². The second-order valence-corrected chi connectivity index (χ2v) is 11.5. The lowest BCUT2D eigenvalue weighted by Gasteiger charge is -2.26. The molecule has 12 heavy (non-hydrogen) atoms. The van der Waals surface area contributed by atoms with Crippen molar-refractivity contribution in [1.82, 2.24) is 0 Å². The van der Waals surface area contributed by atoms with Gasteiger partial charge in [0.2, 0.25) is 0 Å². The molecule has 0 heterocycles. The summed E-state index contributed by atoms with van der Waals surface area (Å²) in [6.45, 7) is 4.56. The van der Waals surface area contributed by atoms with Crippen molar-refractivity contribution in [3.05, 3.63) is 0 Å². The Morgan fingerprint density at radius 2 is 1.58 bits per heavy atom. The molecule has 0 radical (unpaired) electrons. The van der Waals surface area contributed by atoms with Crippen molar-refractivity contribution in [2.24, 2.45) is 0 Å². The van der Waals surface area contributed by atoms with Crippen LogP contribution in [0.1, 0.15) is 46.0 Å². The first-order valence-corrected chi connectivity index (χ1v) is 9.28. The first-order chi connectivity index (χ1) is 5.62. The molecule has 0 nitrogen and oxygen atoms in total. The zero-order chi connectivity index (χ0) is 9.45. The van der Waals surface area contributed by atoms with Gasteiger partial charge >= 0.3 is 0 Å². The van der Waals surface area contributed by atoms with Crippen LogP contribution in [-0.4, -0.2) is 17.8 Å². The highest BCUT2D eigenvalue weighted by Crippen LogP contribution is 2.52. The van der Waals surface area contributed by atoms with Crippen LogP contribution in [0, 0.1) is 0 Å². The molecule has 1 unspecified atom stereocenters. The maximum Gasteiger partial charge on any atom is -0.0139 e. The van der Waals surface area contributed by atoms with E-state index in [-0.39, 0.29) is 0 Å². The maximum absolute atomic E-state index is 3.83. The highest BCUT2D eigenvalue weighted by Gasteiger charge is 2.09. The van der Waals surface area contributed by atoms with Gasteiger partial charge in [-0.15, -0.1) is 0 Å². The van der Waals surface area contributed by atoms with Crippen molar-refractivity contribution >= 4 is 23.3 Å². The minimum absolute atomic E-state index is 0.394. The lowest BCUT2D eigenvalue weighted by Crippen LogP contribution is -1.97. The van der Waals surface area contributed by atoms with E-state index in [0.29, 0.717) is 0 Å². The summed E-state index contributed by atoms with van der Waals surface area (Å²) in [5.41, 5.74) is 0. The molecule has 0 aromatic carbocycles. The molecule has 0 aromatic heterocycles. The Hall–Kier alpha value is 0.830. The second-order valence-electron chi connectivity index (χ2n) is 3.56. The molecule has 0 amide bonds. The van der Waals surface area contributed by atoms with Crippen molar-refractivity contribution in [3.8, 4) is 0 Å². The van der Waals surface area contributed by atoms with Gasteiger partial charge in [-0.25, -0.2) is 0 Å². The van der Waals surface area contributed by atoms with Gasteiger partial charge in [-0.2, -0.15) is 8.46 Å². The van der Waals surface area contributed by atoms with E-state index in [1.54, 1.807) is 0 Å². The van der Waals surface area contributed by atoms with Gasteiger partial charge in [0, 0.05) is 0 Å². The zero-order valence-corrected chi connectivity index (χ0v) is 11.1. The maximum atomic E-state index is 3.83. The molecule has 1 atom stereocenters. The van der Waals surface area contributed by atoms with Gasteiger partial charge < -0.3 is 0 Å². The van der Waals surface area contributed by atoms with Crippen molar-refractivity contribution < 1.29 is 0 Å². The summed E-state index contributed by atoms with van der Waals surface area (Å²) in [5, 5.41) is 0. The quantitative estimate of drug-likeness (QED) is 0.577. The van der Waals surface area contributed by atoms with Crippen molar-refractivity contribution in [1.29, 1.82) is 0 Å². The Balaban J connectivity index is 3.19. The Morgan fingerprint density at radius 1 is 1.00 bits per heavy atom. The minimum Gasteiger partial charge on any atom is -0.186 e. The van der Waals surface area contributed by atoms with E-state index < -0.39 is 8.46 Å². The van der Waals surface area contributed by atoms with Crippen molar-refractivity contribution in [3.63, 3.8) is 0 Å². The Labute approximate surface area is 87.0 Å². The Kier molecular flexibility index (Phi) is 7.76. The fraction of sp³-hybridized carbons (Fsp3) is 1.00. The van der Waals surface area contributed by atoms with Gasteiger partial charge in [-0.05, 0) is 39.0 Å². The highest BCUT2D eigenvalue weighted by atomic mass is 79.9. The standard InChI is InChI=1S/C10H23BrS/c1-4-6-7-8-9-10-12(3,11)5-2/h4-10H2,1-3H3. The summed E-state index contributed by atoms with van der Waals surface area (Å²) in [7, 11) is -0.394. The predicted octanol–water partition coefficient (Wildman–Crippen LogP) is 4.72. The van der Waals surface area contributed by atoms with Crippen LogP contribution in [0.15, 0.2) is 0 Å². The number of hydrogen-bond donors (Lipinski definition) is 0. The molecule has 0 bridgehead atoms. The first-order valence-electron chi connectivity index (χ1n) is 5.05. The average molecular weight is 255 g/mol. The lowest BCUT2D eigenvalue weighted by atomic mass is 10.2. The molecular weight excluding hydrogens is 232 g/mol. The topological polar surface area (TPSA) is 0 Å². The number of halogens is 1. The van der Waals surface area contributed by atoms with Crippen LogP contribution in [-0.2, 0) is 0 Å². The van der Waals surface area contributed by atoms with E-state index in [4.69, 9.17) is 0 Å². The summed E-state index contributed by atoms with van der Waals surface area (Å²) in [6.07, 6.45) is 9.44. The van der Waals surface area contributed by atoms with Crippen LogP contribution in [0.3, 0.4) is 0 Å². The van der Waals surface area contributed by atoms with E-state index in [9.17, 15) is 0 Å². The third kappa shape index (κ3) is 7.48. The SMILES string of the molecule is CCCCCCCS(C)(Br)CC. The highest BCUT2D eigenvalue weighted by molar-refractivity contribution is 9.58. The third-order valence-corrected chi connectivity index (χ3v) is 6.96. The van der Waals surface area contributed by atoms with E-state index in [2.05, 4.69) is 34.9 Å². The summed E-state index contributed by atoms with van der Waals surface area (Å²) < 4.78 is 0. The largest absolute Gasteiger partial charge is 0.186 e. The van der Waals surface area contributed by atoms with Crippen LogP contribution in [0.25, 0.3) is 0 Å². The minimum atomic E-state index is -0.394. The number of rotatable bonds is 7. The summed E-state index contributed by atoms with van der Waals surface area (Å²) in [4.78, 5) is 0. The molecule has 0 aliphatic carbocycles. The van der Waals surface area contributed by atoms with Crippen LogP contribution >= 0.6 is 23.3 Å². The molecule has 0 saturated carbocycles. The molecule has 0 spiro atoms. The smallest absolute Gasteiger partial charge is 0.0139 e. The number of unbranched alkanes of at least 4 members (excludes halogenated alkanes) is 4. The molecule has 0 aromatic rings. The van der Waals surface area contributed by atoms with Crippen molar-refractivity contribution in [2.45, 2.75) is 46.0 Å². The molecule has 2 heteroatoms. The molecule has 0 aliphatic heterocycles. The van der Waals surface area contributed by atoms with Gasteiger partial charge in [-0.3, -0.25) is 0 Å². The zero-order valence-electron chi connectivity index (χ0n) is 8.74. The van der Waals surface area contributed by atoms with E-state index in [0.717, 1.165) is 0 Å². The van der Waals surface area contributed by atoms with Crippen LogP contribution in [0.4, 0.5) is 0 Å². The van der Waals surface area contributed by atoms with E-state index in [1.165, 1.54) is 43.6 Å². The van der Waals surface area contributed by atoms with E-state index in [1.807, 2.05) is 0 Å². The van der Waals surface area contributed by atoms with Crippen LogP contribution in [0.2, 0.25) is 0 Å². The monoisotopic (exact) mass is 254 g/mol. The molecular formula is C10H23BrS. The van der Waals surface area contributed by atoms with Gasteiger partial charge in [0.15, 0.2) is 0 Å². The predicted molar refractivity (Wildman–Crippen MR) is 66.6 cm³/mol. The summed E-state index contributed by atoms with van der Waals surface area (Å²) in [5.74, 6) is 2.73. The van der Waals surface area contributed by atoms with Crippen LogP contribution in [0.5, 0.6) is 0 Å². The second kappa shape index (κ2) is 7.25. The molecule has 0 N–H and O–H groups in total. The summed E-state index contributed by atoms with van der Waals surface area (Å²) in [6, 6.07) is 0. The number of hydrogen-bond acceptors (Lipinski definition) is 0. The average Bonchev–Trinajstić information content (AvgIpc) is 2.04. The molecule has 0 saturated heterocycles. The molecule has 76 valence electrons. The van der Waals surface area contributed by atoms with Crippen molar-refractivity contribution in [2.75, 3.05) is 17.8 Å². The third-order valence-electron chi connectivity index (χ3n) is 2.28. The Morgan fingerprint density at radius 3 is 2.08 bits per heavy atom. The fourth-order valence-electron chi connectivity index (χ4n) is 1.15. The van der Waals surface area contributed by atoms with E-state index >= 15 is 0 Å². The van der Waals surface area contributed by atoms with Gasteiger partial charge in [0.25, 0.3) is 0 Å². The molecule has 0 rings (SSSR count). The normalized spacial score (nSPS) is 18.7. The van der Waals surface area contributed by atoms with Crippen LogP contribution < -0.4 is 0 Å². The van der Waals surface area contributed by atoms with Gasteiger partial charge in [0.1, 0.15) is 0 Å². The van der Waals surface area contributed by atoms with Gasteiger partial charge in [0.05, 0.1) is 0 Å².